The molecule has 0 bridgehead atoms. The number of hydrogen-bond donors (Lipinski definition) is 2. The first-order chi connectivity index (χ1) is 10.8. The lowest BCUT2D eigenvalue weighted by Crippen LogP contribution is -2.37. The van der Waals surface area contributed by atoms with Gasteiger partial charge in [-0.2, -0.15) is 0 Å². The number of nitrogens with two attached hydrogens (primary N) is 1. The van der Waals surface area contributed by atoms with Gasteiger partial charge >= 0.3 is 0 Å². The van der Waals surface area contributed by atoms with E-state index in [1.165, 1.54) is 30.5 Å². The van der Waals surface area contributed by atoms with Gasteiger partial charge in [-0.15, -0.1) is 0 Å². The average molecular weight is 302 g/mol. The summed E-state index contributed by atoms with van der Waals surface area (Å²) in [7, 11) is 0. The Morgan fingerprint density at radius 2 is 2.05 bits per heavy atom. The van der Waals surface area contributed by atoms with Gasteiger partial charge < -0.3 is 20.7 Å². The molecule has 3 N–H and O–H groups in total. The van der Waals surface area contributed by atoms with Crippen LogP contribution >= 0.6 is 0 Å². The van der Waals surface area contributed by atoms with Gasteiger partial charge in [-0.3, -0.25) is 0 Å². The number of guanidine groups is 1. The van der Waals surface area contributed by atoms with Crippen LogP contribution in [0.2, 0.25) is 0 Å². The molecule has 2 aliphatic rings. The minimum atomic E-state index is 0.559. The van der Waals surface area contributed by atoms with Gasteiger partial charge in [-0.25, -0.2) is 4.99 Å². The molecule has 0 unspecified atom stereocenters. The zero-order valence-corrected chi connectivity index (χ0v) is 13.1. The topological polar surface area (TPSA) is 62.9 Å². The SMILES string of the molecule is NC(=NCc1ccccc1N1CCOCC1)NCC1CCC1. The molecule has 0 aromatic heterocycles. The van der Waals surface area contributed by atoms with Crippen molar-refractivity contribution in [2.75, 3.05) is 37.7 Å². The number of nitrogens with one attached hydrogen (secondary N) is 1. The van der Waals surface area contributed by atoms with Crippen molar-refractivity contribution in [3.63, 3.8) is 0 Å². The largest absolute Gasteiger partial charge is 0.378 e. The summed E-state index contributed by atoms with van der Waals surface area (Å²) in [4.78, 5) is 6.87. The van der Waals surface area contributed by atoms with Gasteiger partial charge in [0.15, 0.2) is 5.96 Å². The third kappa shape index (κ3) is 3.91. The Hall–Kier alpha value is -1.75. The summed E-state index contributed by atoms with van der Waals surface area (Å²) in [5.41, 5.74) is 8.45. The highest BCUT2D eigenvalue weighted by Crippen LogP contribution is 2.25. The van der Waals surface area contributed by atoms with Crippen LogP contribution in [0.15, 0.2) is 29.3 Å². The molecule has 22 heavy (non-hydrogen) atoms. The minimum absolute atomic E-state index is 0.559. The first-order valence-electron chi connectivity index (χ1n) is 8.27. The van der Waals surface area contributed by atoms with E-state index in [9.17, 15) is 0 Å². The Morgan fingerprint density at radius 3 is 2.77 bits per heavy atom. The maximum atomic E-state index is 5.98. The minimum Gasteiger partial charge on any atom is -0.378 e. The van der Waals surface area contributed by atoms with Crippen LogP contribution < -0.4 is 16.0 Å². The molecule has 1 aliphatic carbocycles. The van der Waals surface area contributed by atoms with Gasteiger partial charge in [0.25, 0.3) is 0 Å². The number of nitrogens with zero attached hydrogens (tertiary/aromatic N) is 2. The fraction of sp³-hybridized carbons (Fsp3) is 0.588. The molecule has 5 nitrogen and oxygen atoms in total. The molecule has 3 rings (SSSR count). The van der Waals surface area contributed by atoms with E-state index in [2.05, 4.69) is 39.5 Å². The molecule has 1 saturated heterocycles. The van der Waals surface area contributed by atoms with Crippen LogP contribution in [-0.2, 0) is 11.3 Å². The molecule has 0 spiro atoms. The van der Waals surface area contributed by atoms with Crippen molar-refractivity contribution in [3.05, 3.63) is 29.8 Å². The Kier molecular flexibility index (Phi) is 5.16. The Balaban J connectivity index is 1.58. The molecular formula is C17H26N4O. The molecule has 1 aliphatic heterocycles. The summed E-state index contributed by atoms with van der Waals surface area (Å²) in [6.07, 6.45) is 4.00. The van der Waals surface area contributed by atoms with Gasteiger partial charge in [0.2, 0.25) is 0 Å². The van der Waals surface area contributed by atoms with E-state index in [1.807, 2.05) is 0 Å². The van der Waals surface area contributed by atoms with Crippen LogP contribution in [0, 0.1) is 5.92 Å². The van der Waals surface area contributed by atoms with Crippen LogP contribution in [0.4, 0.5) is 5.69 Å². The molecule has 1 heterocycles. The normalized spacial score (nSPS) is 19.8. The molecular weight excluding hydrogens is 276 g/mol. The number of rotatable bonds is 5. The highest BCUT2D eigenvalue weighted by molar-refractivity contribution is 5.78. The number of anilines is 1. The highest BCUT2D eigenvalue weighted by Gasteiger charge is 2.17. The van der Waals surface area contributed by atoms with Crippen molar-refractivity contribution >= 4 is 11.6 Å². The molecule has 0 radical (unpaired) electrons. The van der Waals surface area contributed by atoms with Gasteiger partial charge in [0.05, 0.1) is 19.8 Å². The predicted molar refractivity (Wildman–Crippen MR) is 90.1 cm³/mol. The summed E-state index contributed by atoms with van der Waals surface area (Å²) in [6, 6.07) is 8.44. The van der Waals surface area contributed by atoms with Crippen LogP contribution in [0.25, 0.3) is 0 Å². The molecule has 1 aromatic carbocycles. The predicted octanol–water partition coefficient (Wildman–Crippen LogP) is 1.73. The standard InChI is InChI=1S/C17H26N4O/c18-17(19-12-14-4-3-5-14)20-13-15-6-1-2-7-16(15)21-8-10-22-11-9-21/h1-2,6-7,14H,3-5,8-13H2,(H3,18,19,20). The maximum Gasteiger partial charge on any atom is 0.188 e. The van der Waals surface area contributed by atoms with Gasteiger partial charge in [0, 0.05) is 25.3 Å². The number of aliphatic imine (C=N–C) groups is 1. The second kappa shape index (κ2) is 7.49. The van der Waals surface area contributed by atoms with Crippen molar-refractivity contribution in [1.29, 1.82) is 0 Å². The molecule has 5 heteroatoms. The monoisotopic (exact) mass is 302 g/mol. The van der Waals surface area contributed by atoms with Gasteiger partial charge in [-0.1, -0.05) is 24.6 Å². The quantitative estimate of drug-likeness (QED) is 0.642. The van der Waals surface area contributed by atoms with Crippen molar-refractivity contribution < 1.29 is 4.74 Å². The van der Waals surface area contributed by atoms with Gasteiger partial charge in [-0.05, 0) is 30.4 Å². The van der Waals surface area contributed by atoms with Gasteiger partial charge in [0.1, 0.15) is 0 Å². The maximum absolute atomic E-state index is 5.98. The van der Waals surface area contributed by atoms with E-state index < -0.39 is 0 Å². The average Bonchev–Trinajstić information content (AvgIpc) is 2.52. The molecule has 0 amide bonds. The zero-order valence-electron chi connectivity index (χ0n) is 13.1. The van der Waals surface area contributed by atoms with Crippen molar-refractivity contribution in [2.24, 2.45) is 16.6 Å². The Morgan fingerprint density at radius 1 is 1.27 bits per heavy atom. The van der Waals surface area contributed by atoms with E-state index in [-0.39, 0.29) is 0 Å². The number of para-hydroxylation sites is 1. The van der Waals surface area contributed by atoms with E-state index in [0.717, 1.165) is 38.8 Å². The summed E-state index contributed by atoms with van der Waals surface area (Å²) in [5.74, 6) is 1.35. The van der Waals surface area contributed by atoms with Crippen LogP contribution in [0.5, 0.6) is 0 Å². The van der Waals surface area contributed by atoms with Crippen molar-refractivity contribution in [3.8, 4) is 0 Å². The summed E-state index contributed by atoms with van der Waals surface area (Å²) in [6.45, 7) is 5.05. The molecule has 0 atom stereocenters. The summed E-state index contributed by atoms with van der Waals surface area (Å²) in [5, 5.41) is 3.25. The van der Waals surface area contributed by atoms with E-state index in [4.69, 9.17) is 10.5 Å². The van der Waals surface area contributed by atoms with Crippen LogP contribution in [0.1, 0.15) is 24.8 Å². The zero-order chi connectivity index (χ0) is 15.2. The van der Waals surface area contributed by atoms with Crippen LogP contribution in [0.3, 0.4) is 0 Å². The van der Waals surface area contributed by atoms with Crippen LogP contribution in [-0.4, -0.2) is 38.8 Å². The summed E-state index contributed by atoms with van der Waals surface area (Å²) >= 11 is 0. The lowest BCUT2D eigenvalue weighted by molar-refractivity contribution is 0.122. The fourth-order valence-electron chi connectivity index (χ4n) is 2.93. The second-order valence-electron chi connectivity index (χ2n) is 6.11. The van der Waals surface area contributed by atoms with E-state index >= 15 is 0 Å². The molecule has 1 saturated carbocycles. The van der Waals surface area contributed by atoms with Crippen molar-refractivity contribution in [1.82, 2.24) is 5.32 Å². The third-order valence-corrected chi connectivity index (χ3v) is 4.56. The highest BCUT2D eigenvalue weighted by atomic mass is 16.5. The molecule has 2 fully saturated rings. The number of ether oxygens (including phenoxy) is 1. The third-order valence-electron chi connectivity index (χ3n) is 4.56. The van der Waals surface area contributed by atoms with E-state index in [0.29, 0.717) is 12.5 Å². The second-order valence-corrected chi connectivity index (χ2v) is 6.11. The lowest BCUT2D eigenvalue weighted by atomic mass is 9.85. The number of hydrogen-bond acceptors (Lipinski definition) is 3. The number of morpholine rings is 1. The van der Waals surface area contributed by atoms with Crippen molar-refractivity contribution in [2.45, 2.75) is 25.8 Å². The Bertz CT molecular complexity index is 507. The fourth-order valence-corrected chi connectivity index (χ4v) is 2.93. The van der Waals surface area contributed by atoms with E-state index in [1.54, 1.807) is 0 Å². The first-order valence-corrected chi connectivity index (χ1v) is 8.27. The number of benzene rings is 1. The lowest BCUT2D eigenvalue weighted by Gasteiger charge is -2.30. The Labute approximate surface area is 132 Å². The summed E-state index contributed by atoms with van der Waals surface area (Å²) < 4.78 is 5.43. The smallest absolute Gasteiger partial charge is 0.188 e. The molecule has 120 valence electrons. The molecule has 1 aromatic rings. The first kappa shape index (κ1) is 15.2.